The fourth-order valence-electron chi connectivity index (χ4n) is 1.10. The molecule has 0 aliphatic carbocycles. The first-order valence-corrected chi connectivity index (χ1v) is 4.81. The largest absolute Gasteiger partial charge is 0.465 e. The summed E-state index contributed by atoms with van der Waals surface area (Å²) in [6.07, 6.45) is -4.64. The molecule has 0 aliphatic heterocycles. The molecule has 0 bridgehead atoms. The van der Waals surface area contributed by atoms with Gasteiger partial charge in [-0.25, -0.2) is 4.79 Å². The molecule has 0 heterocycles. The van der Waals surface area contributed by atoms with Crippen LogP contribution in [0.15, 0.2) is 16.6 Å². The Kier molecular flexibility index (Phi) is 3.47. The van der Waals surface area contributed by atoms with Gasteiger partial charge in [0.15, 0.2) is 0 Å². The molecule has 16 heavy (non-hydrogen) atoms. The minimum Gasteiger partial charge on any atom is -0.465 e. The third kappa shape index (κ3) is 2.46. The summed E-state index contributed by atoms with van der Waals surface area (Å²) in [6.45, 7) is 0. The quantitative estimate of drug-likeness (QED) is 0.640. The molecule has 3 nitrogen and oxygen atoms in total. The first-order valence-electron chi connectivity index (χ1n) is 4.02. The van der Waals surface area contributed by atoms with E-state index in [0.29, 0.717) is 0 Å². The van der Waals surface area contributed by atoms with Crippen LogP contribution in [-0.4, -0.2) is 13.1 Å². The summed E-state index contributed by atoms with van der Waals surface area (Å²) < 4.78 is 42.1. The summed E-state index contributed by atoms with van der Waals surface area (Å²) in [5.74, 6) is -1.08. The third-order valence-corrected chi connectivity index (χ3v) is 2.53. The number of carbonyl (C=O) groups excluding carboxylic acids is 1. The molecule has 0 unspecified atom stereocenters. The lowest BCUT2D eigenvalue weighted by Gasteiger charge is -2.13. The van der Waals surface area contributed by atoms with Crippen LogP contribution in [0.2, 0.25) is 0 Å². The number of rotatable bonds is 1. The van der Waals surface area contributed by atoms with Gasteiger partial charge in [-0.2, -0.15) is 13.2 Å². The van der Waals surface area contributed by atoms with E-state index in [1.807, 2.05) is 0 Å². The lowest BCUT2D eigenvalue weighted by atomic mass is 10.1. The zero-order valence-corrected chi connectivity index (χ0v) is 9.65. The molecule has 1 aromatic rings. The van der Waals surface area contributed by atoms with E-state index in [2.05, 4.69) is 20.7 Å². The molecule has 0 atom stereocenters. The highest BCUT2D eigenvalue weighted by Crippen LogP contribution is 2.36. The number of nitrogens with two attached hydrogens (primary N) is 1. The van der Waals surface area contributed by atoms with Crippen LogP contribution in [0.3, 0.4) is 0 Å². The van der Waals surface area contributed by atoms with E-state index >= 15 is 0 Å². The number of nitrogen functional groups attached to an aromatic ring is 1. The highest BCUT2D eigenvalue weighted by Gasteiger charge is 2.36. The molecule has 0 saturated heterocycles. The summed E-state index contributed by atoms with van der Waals surface area (Å²) in [6, 6.07) is 1.68. The fourth-order valence-corrected chi connectivity index (χ4v) is 1.45. The molecule has 7 heteroatoms. The Labute approximate surface area is 97.5 Å². The van der Waals surface area contributed by atoms with E-state index in [-0.39, 0.29) is 10.2 Å². The van der Waals surface area contributed by atoms with E-state index in [0.717, 1.165) is 19.2 Å². The summed E-state index contributed by atoms with van der Waals surface area (Å²) in [5.41, 5.74) is 3.75. The zero-order valence-electron chi connectivity index (χ0n) is 8.06. The van der Waals surface area contributed by atoms with Gasteiger partial charge in [0.25, 0.3) is 0 Å². The van der Waals surface area contributed by atoms with Crippen LogP contribution in [0, 0.1) is 0 Å². The van der Waals surface area contributed by atoms with Crippen molar-refractivity contribution in [1.82, 2.24) is 0 Å². The highest BCUT2D eigenvalue weighted by molar-refractivity contribution is 9.10. The Morgan fingerprint density at radius 2 is 2.00 bits per heavy atom. The van der Waals surface area contributed by atoms with Gasteiger partial charge < -0.3 is 10.5 Å². The van der Waals surface area contributed by atoms with E-state index in [9.17, 15) is 18.0 Å². The number of alkyl halides is 3. The number of hydrogen-bond donors (Lipinski definition) is 1. The standard InChI is InChI=1S/C9H7BrF3NO2/c1-16-8(15)4-2-7(14)6(10)3-5(4)9(11,12)13/h2-3H,14H2,1H3. The summed E-state index contributed by atoms with van der Waals surface area (Å²) in [7, 11) is 1.00. The van der Waals surface area contributed by atoms with E-state index < -0.39 is 23.3 Å². The van der Waals surface area contributed by atoms with E-state index in [1.165, 1.54) is 0 Å². The second kappa shape index (κ2) is 4.32. The summed E-state index contributed by atoms with van der Waals surface area (Å²) in [5, 5.41) is 0. The van der Waals surface area contributed by atoms with Gasteiger partial charge in [-0.3, -0.25) is 0 Å². The molecule has 2 N–H and O–H groups in total. The normalized spacial score (nSPS) is 11.3. The highest BCUT2D eigenvalue weighted by atomic mass is 79.9. The molecule has 0 aromatic heterocycles. The van der Waals surface area contributed by atoms with Gasteiger partial charge in [0.05, 0.1) is 18.2 Å². The van der Waals surface area contributed by atoms with Crippen molar-refractivity contribution in [3.63, 3.8) is 0 Å². The average Bonchev–Trinajstić information content (AvgIpc) is 2.18. The predicted molar refractivity (Wildman–Crippen MR) is 54.9 cm³/mol. The Balaban J connectivity index is 3.45. The summed E-state index contributed by atoms with van der Waals surface area (Å²) >= 11 is 2.87. The van der Waals surface area contributed by atoms with Crippen LogP contribution < -0.4 is 5.73 Å². The minimum atomic E-state index is -4.64. The maximum atomic E-state index is 12.6. The van der Waals surface area contributed by atoms with Crippen molar-refractivity contribution in [2.75, 3.05) is 12.8 Å². The van der Waals surface area contributed by atoms with Crippen LogP contribution in [0.25, 0.3) is 0 Å². The van der Waals surface area contributed by atoms with E-state index in [1.54, 1.807) is 0 Å². The summed E-state index contributed by atoms with van der Waals surface area (Å²) in [4.78, 5) is 11.2. The van der Waals surface area contributed by atoms with Crippen molar-refractivity contribution in [2.24, 2.45) is 0 Å². The lowest BCUT2D eigenvalue weighted by Crippen LogP contribution is -2.15. The lowest BCUT2D eigenvalue weighted by molar-refractivity contribution is -0.138. The number of esters is 1. The SMILES string of the molecule is COC(=O)c1cc(N)c(Br)cc1C(F)(F)F. The first-order chi connectivity index (χ1) is 7.27. The number of anilines is 1. The average molecular weight is 298 g/mol. The number of benzene rings is 1. The van der Waals surface area contributed by atoms with Crippen LogP contribution in [0.1, 0.15) is 15.9 Å². The topological polar surface area (TPSA) is 52.3 Å². The molecule has 0 spiro atoms. The zero-order chi connectivity index (χ0) is 12.5. The van der Waals surface area contributed by atoms with Crippen molar-refractivity contribution >= 4 is 27.6 Å². The third-order valence-electron chi connectivity index (χ3n) is 1.85. The van der Waals surface area contributed by atoms with Gasteiger partial charge in [0, 0.05) is 10.2 Å². The Morgan fingerprint density at radius 3 is 2.44 bits per heavy atom. The molecule has 1 aromatic carbocycles. The molecule has 0 fully saturated rings. The van der Waals surface area contributed by atoms with Gasteiger partial charge in [-0.05, 0) is 28.1 Å². The van der Waals surface area contributed by atoms with Crippen LogP contribution in [0.4, 0.5) is 18.9 Å². The molecule has 0 radical (unpaired) electrons. The molecule has 0 amide bonds. The van der Waals surface area contributed by atoms with Crippen molar-refractivity contribution in [3.05, 3.63) is 27.7 Å². The molecular weight excluding hydrogens is 291 g/mol. The van der Waals surface area contributed by atoms with Crippen molar-refractivity contribution in [3.8, 4) is 0 Å². The van der Waals surface area contributed by atoms with Gasteiger partial charge in [-0.15, -0.1) is 0 Å². The predicted octanol–water partition coefficient (Wildman–Crippen LogP) is 2.84. The van der Waals surface area contributed by atoms with E-state index in [4.69, 9.17) is 5.73 Å². The molecule has 1 rings (SSSR count). The number of halogens is 4. The Bertz CT molecular complexity index is 431. The number of hydrogen-bond acceptors (Lipinski definition) is 3. The fraction of sp³-hybridized carbons (Fsp3) is 0.222. The Morgan fingerprint density at radius 1 is 1.44 bits per heavy atom. The number of carbonyl (C=O) groups is 1. The second-order valence-corrected chi connectivity index (χ2v) is 3.76. The van der Waals surface area contributed by atoms with Crippen molar-refractivity contribution < 1.29 is 22.7 Å². The number of ether oxygens (including phenoxy) is 1. The first kappa shape index (κ1) is 12.8. The molecule has 0 saturated carbocycles. The maximum Gasteiger partial charge on any atom is 0.417 e. The van der Waals surface area contributed by atoms with Gasteiger partial charge in [-0.1, -0.05) is 0 Å². The Hall–Kier alpha value is -1.24. The van der Waals surface area contributed by atoms with Crippen molar-refractivity contribution in [1.29, 1.82) is 0 Å². The van der Waals surface area contributed by atoms with Gasteiger partial charge in [0.2, 0.25) is 0 Å². The monoisotopic (exact) mass is 297 g/mol. The van der Waals surface area contributed by atoms with Crippen LogP contribution in [0.5, 0.6) is 0 Å². The van der Waals surface area contributed by atoms with Gasteiger partial charge in [0.1, 0.15) is 0 Å². The van der Waals surface area contributed by atoms with Crippen LogP contribution >= 0.6 is 15.9 Å². The second-order valence-electron chi connectivity index (χ2n) is 2.91. The molecule has 88 valence electrons. The van der Waals surface area contributed by atoms with Gasteiger partial charge >= 0.3 is 12.1 Å². The molecular formula is C9H7BrF3NO2. The smallest absolute Gasteiger partial charge is 0.417 e. The minimum absolute atomic E-state index is 0.0356. The molecule has 0 aliphatic rings. The van der Waals surface area contributed by atoms with Crippen molar-refractivity contribution in [2.45, 2.75) is 6.18 Å². The number of methoxy groups -OCH3 is 1. The maximum absolute atomic E-state index is 12.6. The van der Waals surface area contributed by atoms with Crippen LogP contribution in [-0.2, 0) is 10.9 Å².